The van der Waals surface area contributed by atoms with E-state index in [9.17, 15) is 8.42 Å². The van der Waals surface area contributed by atoms with Crippen LogP contribution in [0.1, 0.15) is 31.3 Å². The van der Waals surface area contributed by atoms with Crippen LogP contribution in [0.5, 0.6) is 0 Å². The van der Waals surface area contributed by atoms with E-state index in [0.717, 1.165) is 21.4 Å². The standard InChI is InChI=1S/C15H18ClN3O2S2/c1-10(2)14-15(22-12-5-3-4-11(16)8-12)19-6-7-23(20,21)17-9-13(19)18-14/h3-5,8,10,17H,6-7,9H2,1-2H3. The lowest BCUT2D eigenvalue weighted by Gasteiger charge is -2.11. The van der Waals surface area contributed by atoms with Crippen molar-refractivity contribution in [1.29, 1.82) is 0 Å². The fraction of sp³-hybridized carbons (Fsp3) is 0.400. The average molecular weight is 372 g/mol. The lowest BCUT2D eigenvalue weighted by molar-refractivity contribution is 0.580. The first-order valence-corrected chi connectivity index (χ1v) is 10.2. The Balaban J connectivity index is 2.03. The summed E-state index contributed by atoms with van der Waals surface area (Å²) >= 11 is 7.65. The Morgan fingerprint density at radius 3 is 2.87 bits per heavy atom. The minimum atomic E-state index is -3.23. The molecule has 2 heterocycles. The normalized spacial score (nSPS) is 17.0. The maximum absolute atomic E-state index is 11.8. The predicted molar refractivity (Wildman–Crippen MR) is 92.5 cm³/mol. The van der Waals surface area contributed by atoms with E-state index < -0.39 is 10.0 Å². The van der Waals surface area contributed by atoms with Gasteiger partial charge in [-0.25, -0.2) is 18.1 Å². The van der Waals surface area contributed by atoms with Gasteiger partial charge in [0.15, 0.2) is 0 Å². The molecule has 0 radical (unpaired) electrons. The molecule has 0 atom stereocenters. The van der Waals surface area contributed by atoms with Crippen LogP contribution in [0.4, 0.5) is 0 Å². The highest BCUT2D eigenvalue weighted by molar-refractivity contribution is 7.99. The van der Waals surface area contributed by atoms with Gasteiger partial charge < -0.3 is 4.57 Å². The Kier molecular flexibility index (Phi) is 4.73. The number of imidazole rings is 1. The fourth-order valence-electron chi connectivity index (χ4n) is 2.45. The van der Waals surface area contributed by atoms with E-state index in [4.69, 9.17) is 11.6 Å². The van der Waals surface area contributed by atoms with Crippen LogP contribution < -0.4 is 4.72 Å². The van der Waals surface area contributed by atoms with E-state index in [1.807, 2.05) is 28.8 Å². The molecule has 0 fully saturated rings. The molecule has 0 aliphatic carbocycles. The predicted octanol–water partition coefficient (Wildman–Crippen LogP) is 3.24. The van der Waals surface area contributed by atoms with Crippen molar-refractivity contribution >= 4 is 33.4 Å². The molecule has 8 heteroatoms. The SMILES string of the molecule is CC(C)c1nc2n(c1Sc1cccc(Cl)c1)CCS(=O)(=O)NC2. The third-order valence-corrected chi connectivity index (χ3v) is 6.27. The van der Waals surface area contributed by atoms with Gasteiger partial charge in [0.25, 0.3) is 0 Å². The van der Waals surface area contributed by atoms with Gasteiger partial charge in [0.05, 0.1) is 18.0 Å². The summed E-state index contributed by atoms with van der Waals surface area (Å²) in [6.45, 7) is 4.83. The maximum atomic E-state index is 11.8. The topological polar surface area (TPSA) is 64.0 Å². The lowest BCUT2D eigenvalue weighted by atomic mass is 10.1. The fourth-order valence-corrected chi connectivity index (χ4v) is 4.87. The lowest BCUT2D eigenvalue weighted by Crippen LogP contribution is -2.24. The minimum Gasteiger partial charge on any atom is -0.321 e. The highest BCUT2D eigenvalue weighted by Crippen LogP contribution is 2.36. The first kappa shape index (κ1) is 16.8. The van der Waals surface area contributed by atoms with Crippen molar-refractivity contribution in [2.75, 3.05) is 5.75 Å². The summed E-state index contributed by atoms with van der Waals surface area (Å²) in [5, 5.41) is 1.68. The summed E-state index contributed by atoms with van der Waals surface area (Å²) in [4.78, 5) is 5.69. The van der Waals surface area contributed by atoms with Crippen LogP contribution in [0.25, 0.3) is 0 Å². The number of fused-ring (bicyclic) bond motifs is 1. The van der Waals surface area contributed by atoms with E-state index in [1.54, 1.807) is 11.8 Å². The van der Waals surface area contributed by atoms with Crippen LogP contribution in [0.2, 0.25) is 5.02 Å². The van der Waals surface area contributed by atoms with Crippen LogP contribution in [-0.2, 0) is 23.1 Å². The molecule has 0 bridgehead atoms. The molecule has 1 aliphatic heterocycles. The van der Waals surface area contributed by atoms with Crippen molar-refractivity contribution in [1.82, 2.24) is 14.3 Å². The summed E-state index contributed by atoms with van der Waals surface area (Å²) < 4.78 is 28.2. The zero-order chi connectivity index (χ0) is 16.6. The monoisotopic (exact) mass is 371 g/mol. The van der Waals surface area contributed by atoms with E-state index in [0.29, 0.717) is 11.6 Å². The van der Waals surface area contributed by atoms with E-state index in [2.05, 4.69) is 23.6 Å². The molecular weight excluding hydrogens is 354 g/mol. The molecule has 124 valence electrons. The second-order valence-corrected chi connectivity index (χ2v) is 9.15. The summed E-state index contributed by atoms with van der Waals surface area (Å²) in [5.74, 6) is 1.09. The number of rotatable bonds is 3. The van der Waals surface area contributed by atoms with Gasteiger partial charge in [-0.15, -0.1) is 0 Å². The van der Waals surface area contributed by atoms with Gasteiger partial charge in [0.2, 0.25) is 10.0 Å². The van der Waals surface area contributed by atoms with Crippen LogP contribution in [0.15, 0.2) is 34.2 Å². The number of benzene rings is 1. The van der Waals surface area contributed by atoms with Gasteiger partial charge in [-0.3, -0.25) is 0 Å². The third-order valence-electron chi connectivity index (χ3n) is 3.62. The molecule has 1 aliphatic rings. The van der Waals surface area contributed by atoms with Gasteiger partial charge in [-0.05, 0) is 24.1 Å². The second-order valence-electron chi connectivity index (χ2n) is 5.72. The van der Waals surface area contributed by atoms with Crippen molar-refractivity contribution in [3.8, 4) is 0 Å². The summed E-state index contributed by atoms with van der Waals surface area (Å²) in [5.41, 5.74) is 0.992. The number of aromatic nitrogens is 2. The maximum Gasteiger partial charge on any atom is 0.213 e. The number of nitrogens with one attached hydrogen (secondary N) is 1. The Hall–Kier alpha value is -1.02. The molecule has 0 spiro atoms. The van der Waals surface area contributed by atoms with E-state index in [1.165, 1.54) is 0 Å². The van der Waals surface area contributed by atoms with Crippen LogP contribution >= 0.6 is 23.4 Å². The molecule has 0 amide bonds. The molecule has 1 aromatic heterocycles. The van der Waals surface area contributed by atoms with Crippen molar-refractivity contribution in [3.63, 3.8) is 0 Å². The first-order valence-electron chi connectivity index (χ1n) is 7.36. The summed E-state index contributed by atoms with van der Waals surface area (Å²) in [7, 11) is -3.23. The molecule has 23 heavy (non-hydrogen) atoms. The van der Waals surface area contributed by atoms with E-state index in [-0.39, 0.29) is 18.2 Å². The second kappa shape index (κ2) is 6.47. The van der Waals surface area contributed by atoms with Crippen LogP contribution in [0, 0.1) is 0 Å². The molecule has 0 unspecified atom stereocenters. The van der Waals surface area contributed by atoms with Crippen molar-refractivity contribution in [2.45, 2.75) is 42.8 Å². The quantitative estimate of drug-likeness (QED) is 0.899. The minimum absolute atomic E-state index is 0.0665. The molecule has 0 saturated heterocycles. The molecule has 2 aromatic rings. The molecule has 1 aromatic carbocycles. The summed E-state index contributed by atoms with van der Waals surface area (Å²) in [6, 6.07) is 7.64. The smallest absolute Gasteiger partial charge is 0.213 e. The largest absolute Gasteiger partial charge is 0.321 e. The highest BCUT2D eigenvalue weighted by Gasteiger charge is 2.25. The highest BCUT2D eigenvalue weighted by atomic mass is 35.5. The van der Waals surface area contributed by atoms with Gasteiger partial charge >= 0.3 is 0 Å². The number of hydrogen-bond acceptors (Lipinski definition) is 4. The first-order chi connectivity index (χ1) is 10.9. The van der Waals surface area contributed by atoms with Crippen molar-refractivity contribution in [3.05, 3.63) is 40.8 Å². The van der Waals surface area contributed by atoms with E-state index >= 15 is 0 Å². The van der Waals surface area contributed by atoms with Gasteiger partial charge in [-0.2, -0.15) is 0 Å². The molecular formula is C15H18ClN3O2S2. The molecule has 3 rings (SSSR count). The van der Waals surface area contributed by atoms with Crippen molar-refractivity contribution in [2.24, 2.45) is 0 Å². The number of nitrogens with zero attached hydrogens (tertiary/aromatic N) is 2. The molecule has 0 saturated carbocycles. The summed E-state index contributed by atoms with van der Waals surface area (Å²) in [6.07, 6.45) is 0. The zero-order valence-corrected chi connectivity index (χ0v) is 15.3. The van der Waals surface area contributed by atoms with Gasteiger partial charge in [0.1, 0.15) is 10.9 Å². The zero-order valence-electron chi connectivity index (χ0n) is 12.9. The third kappa shape index (κ3) is 3.74. The Morgan fingerprint density at radius 1 is 1.39 bits per heavy atom. The Bertz CT molecular complexity index is 831. The van der Waals surface area contributed by atoms with Gasteiger partial charge in [0, 0.05) is 16.5 Å². The van der Waals surface area contributed by atoms with Crippen molar-refractivity contribution < 1.29 is 8.42 Å². The molecule has 5 nitrogen and oxygen atoms in total. The van der Waals surface area contributed by atoms with Gasteiger partial charge in [-0.1, -0.05) is 43.3 Å². The van der Waals surface area contributed by atoms with Crippen LogP contribution in [-0.4, -0.2) is 23.7 Å². The Morgan fingerprint density at radius 2 is 2.17 bits per heavy atom. The number of sulfonamides is 1. The molecule has 1 N–H and O–H groups in total. The average Bonchev–Trinajstić information content (AvgIpc) is 2.73. The Labute approximate surface area is 145 Å². The number of halogens is 1. The number of hydrogen-bond donors (Lipinski definition) is 1. The van der Waals surface area contributed by atoms with Crippen LogP contribution in [0.3, 0.4) is 0 Å².